The predicted octanol–water partition coefficient (Wildman–Crippen LogP) is 1.08. The summed E-state index contributed by atoms with van der Waals surface area (Å²) in [5, 5.41) is 11.6. The van der Waals surface area contributed by atoms with E-state index < -0.39 is 5.91 Å². The highest BCUT2D eigenvalue weighted by atomic mass is 32.2. The Hall–Kier alpha value is -3.20. The highest BCUT2D eigenvalue weighted by Crippen LogP contribution is 2.24. The fourth-order valence-corrected chi connectivity index (χ4v) is 3.15. The molecule has 0 fully saturated rings. The normalized spacial score (nSPS) is 10.5. The number of carbonyl (C=O) groups excluding carboxylic acids is 2. The average Bonchev–Trinajstić information content (AvgIpc) is 3.08. The molecule has 9 heteroatoms. The minimum atomic E-state index is -0.583. The van der Waals surface area contributed by atoms with Crippen molar-refractivity contribution in [2.24, 2.45) is 5.73 Å². The van der Waals surface area contributed by atoms with Crippen LogP contribution in [0.3, 0.4) is 0 Å². The van der Waals surface area contributed by atoms with Gasteiger partial charge in [-0.1, -0.05) is 42.1 Å². The Kier molecular flexibility index (Phi) is 6.16. The van der Waals surface area contributed by atoms with Crippen LogP contribution in [0.5, 0.6) is 0 Å². The molecule has 0 atom stereocenters. The standard InChI is InChI=1S/C18H18N6O2S/c19-15(25)10-21-16(26)12-27-18-23-22-17(14-6-8-20-9-7-14)24(18)11-13-4-2-1-3-5-13/h1-9H,10-12H2,(H2,19,25)(H,21,26). The van der Waals surface area contributed by atoms with Gasteiger partial charge in [-0.2, -0.15) is 0 Å². The third-order valence-corrected chi connectivity index (χ3v) is 4.60. The lowest BCUT2D eigenvalue weighted by Gasteiger charge is -2.10. The first-order chi connectivity index (χ1) is 13.1. The number of nitrogens with zero attached hydrogens (tertiary/aromatic N) is 4. The van der Waals surface area contributed by atoms with Crippen LogP contribution in [-0.4, -0.2) is 43.9 Å². The molecular weight excluding hydrogens is 364 g/mol. The molecule has 3 rings (SSSR count). The van der Waals surface area contributed by atoms with Gasteiger partial charge < -0.3 is 11.1 Å². The van der Waals surface area contributed by atoms with E-state index in [1.807, 2.05) is 47.0 Å². The van der Waals surface area contributed by atoms with Crippen molar-refractivity contribution < 1.29 is 9.59 Å². The van der Waals surface area contributed by atoms with Crippen molar-refractivity contribution in [1.82, 2.24) is 25.1 Å². The minimum Gasteiger partial charge on any atom is -0.368 e. The third-order valence-electron chi connectivity index (χ3n) is 3.63. The van der Waals surface area contributed by atoms with Gasteiger partial charge in [0.25, 0.3) is 0 Å². The maximum atomic E-state index is 11.9. The highest BCUT2D eigenvalue weighted by molar-refractivity contribution is 7.99. The summed E-state index contributed by atoms with van der Waals surface area (Å²) in [6, 6.07) is 13.7. The molecule has 0 aliphatic heterocycles. The lowest BCUT2D eigenvalue weighted by Crippen LogP contribution is -2.34. The molecule has 0 aliphatic rings. The molecule has 138 valence electrons. The number of rotatable bonds is 8. The van der Waals surface area contributed by atoms with E-state index in [9.17, 15) is 9.59 Å². The maximum absolute atomic E-state index is 11.9. The topological polar surface area (TPSA) is 116 Å². The second-order valence-electron chi connectivity index (χ2n) is 5.65. The predicted molar refractivity (Wildman–Crippen MR) is 102 cm³/mol. The second-order valence-corrected chi connectivity index (χ2v) is 6.59. The molecule has 0 bridgehead atoms. The molecule has 3 N–H and O–H groups in total. The number of aromatic nitrogens is 4. The number of hydrogen-bond donors (Lipinski definition) is 2. The third kappa shape index (κ3) is 5.14. The fourth-order valence-electron chi connectivity index (χ4n) is 2.39. The van der Waals surface area contributed by atoms with Gasteiger partial charge >= 0.3 is 0 Å². The van der Waals surface area contributed by atoms with Gasteiger partial charge in [0.15, 0.2) is 11.0 Å². The molecular formula is C18H18N6O2S. The number of carbonyl (C=O) groups is 2. The first-order valence-electron chi connectivity index (χ1n) is 8.19. The van der Waals surface area contributed by atoms with Gasteiger partial charge in [0.2, 0.25) is 11.8 Å². The van der Waals surface area contributed by atoms with Gasteiger partial charge in [0, 0.05) is 18.0 Å². The molecule has 3 aromatic rings. The summed E-state index contributed by atoms with van der Waals surface area (Å²) in [6.07, 6.45) is 3.39. The van der Waals surface area contributed by atoms with E-state index in [1.54, 1.807) is 12.4 Å². The van der Waals surface area contributed by atoms with Crippen molar-refractivity contribution in [3.63, 3.8) is 0 Å². The van der Waals surface area contributed by atoms with Crippen LogP contribution in [0.4, 0.5) is 0 Å². The number of primary amides is 1. The quantitative estimate of drug-likeness (QED) is 0.563. The summed E-state index contributed by atoms with van der Waals surface area (Å²) in [6.45, 7) is 0.384. The molecule has 1 aromatic carbocycles. The summed E-state index contributed by atoms with van der Waals surface area (Å²) in [7, 11) is 0. The number of pyridine rings is 1. The zero-order valence-electron chi connectivity index (χ0n) is 14.4. The van der Waals surface area contributed by atoms with Crippen molar-refractivity contribution in [3.8, 4) is 11.4 Å². The summed E-state index contributed by atoms with van der Waals surface area (Å²) in [4.78, 5) is 26.7. The zero-order chi connectivity index (χ0) is 19.1. The van der Waals surface area contributed by atoms with Gasteiger partial charge in [-0.15, -0.1) is 10.2 Å². The molecule has 0 aliphatic carbocycles. The summed E-state index contributed by atoms with van der Waals surface area (Å²) < 4.78 is 1.96. The number of nitrogens with one attached hydrogen (secondary N) is 1. The molecule has 0 radical (unpaired) electrons. The largest absolute Gasteiger partial charge is 0.368 e. The van der Waals surface area contributed by atoms with E-state index in [4.69, 9.17) is 5.73 Å². The van der Waals surface area contributed by atoms with Gasteiger partial charge in [0.05, 0.1) is 18.8 Å². The molecule has 0 unspecified atom stereocenters. The lowest BCUT2D eigenvalue weighted by atomic mass is 10.2. The Morgan fingerprint density at radius 3 is 2.52 bits per heavy atom. The van der Waals surface area contributed by atoms with Crippen LogP contribution in [0.1, 0.15) is 5.56 Å². The molecule has 0 saturated carbocycles. The van der Waals surface area contributed by atoms with Gasteiger partial charge in [-0.3, -0.25) is 19.1 Å². The molecule has 2 amide bonds. The Labute approximate surface area is 160 Å². The first-order valence-corrected chi connectivity index (χ1v) is 9.17. The maximum Gasteiger partial charge on any atom is 0.236 e. The Morgan fingerprint density at radius 2 is 1.81 bits per heavy atom. The second kappa shape index (κ2) is 8.95. The molecule has 2 aromatic heterocycles. The van der Waals surface area contributed by atoms with E-state index in [-0.39, 0.29) is 18.2 Å². The van der Waals surface area contributed by atoms with E-state index >= 15 is 0 Å². The molecule has 0 spiro atoms. The van der Waals surface area contributed by atoms with Crippen molar-refractivity contribution in [3.05, 3.63) is 60.4 Å². The van der Waals surface area contributed by atoms with E-state index in [0.717, 1.165) is 11.1 Å². The van der Waals surface area contributed by atoms with Crippen molar-refractivity contribution in [1.29, 1.82) is 0 Å². The van der Waals surface area contributed by atoms with Crippen LogP contribution in [-0.2, 0) is 16.1 Å². The van der Waals surface area contributed by atoms with Crippen LogP contribution >= 0.6 is 11.8 Å². The lowest BCUT2D eigenvalue weighted by molar-refractivity contribution is -0.123. The van der Waals surface area contributed by atoms with Crippen molar-refractivity contribution in [2.45, 2.75) is 11.7 Å². The van der Waals surface area contributed by atoms with Crippen molar-refractivity contribution >= 4 is 23.6 Å². The SMILES string of the molecule is NC(=O)CNC(=O)CSc1nnc(-c2ccncc2)n1Cc1ccccc1. The zero-order valence-corrected chi connectivity index (χ0v) is 15.2. The van der Waals surface area contributed by atoms with Crippen LogP contribution < -0.4 is 11.1 Å². The number of amides is 2. The van der Waals surface area contributed by atoms with Gasteiger partial charge in [-0.05, 0) is 17.7 Å². The molecule has 0 saturated heterocycles. The minimum absolute atomic E-state index is 0.108. The van der Waals surface area contributed by atoms with Gasteiger partial charge in [0.1, 0.15) is 0 Å². The van der Waals surface area contributed by atoms with Crippen LogP contribution in [0.15, 0.2) is 60.0 Å². The van der Waals surface area contributed by atoms with E-state index in [0.29, 0.717) is 17.5 Å². The smallest absolute Gasteiger partial charge is 0.236 e. The summed E-state index contributed by atoms with van der Waals surface area (Å²) >= 11 is 1.25. The highest BCUT2D eigenvalue weighted by Gasteiger charge is 2.16. The van der Waals surface area contributed by atoms with E-state index in [2.05, 4.69) is 20.5 Å². The average molecular weight is 382 g/mol. The van der Waals surface area contributed by atoms with E-state index in [1.165, 1.54) is 11.8 Å². The van der Waals surface area contributed by atoms with Crippen LogP contribution in [0, 0.1) is 0 Å². The van der Waals surface area contributed by atoms with Crippen LogP contribution in [0.2, 0.25) is 0 Å². The molecule has 27 heavy (non-hydrogen) atoms. The molecule has 2 heterocycles. The monoisotopic (exact) mass is 382 g/mol. The Balaban J connectivity index is 1.82. The Morgan fingerprint density at radius 1 is 1.07 bits per heavy atom. The Bertz CT molecular complexity index is 914. The number of hydrogen-bond acceptors (Lipinski definition) is 6. The summed E-state index contributed by atoms with van der Waals surface area (Å²) in [5.74, 6) is -0.0725. The number of thioether (sulfide) groups is 1. The number of benzene rings is 1. The van der Waals surface area contributed by atoms with Crippen LogP contribution in [0.25, 0.3) is 11.4 Å². The van der Waals surface area contributed by atoms with Crippen molar-refractivity contribution in [2.75, 3.05) is 12.3 Å². The fraction of sp³-hybridized carbons (Fsp3) is 0.167. The number of nitrogens with two attached hydrogens (primary N) is 1. The summed E-state index contributed by atoms with van der Waals surface area (Å²) in [5.41, 5.74) is 7.01. The van der Waals surface area contributed by atoms with Gasteiger partial charge in [-0.25, -0.2) is 0 Å². The molecule has 8 nitrogen and oxygen atoms in total. The first kappa shape index (κ1) is 18.6.